The van der Waals surface area contributed by atoms with E-state index < -0.39 is 10.0 Å². The Bertz CT molecular complexity index is 629. The minimum Gasteiger partial charge on any atom is -0.263 e. The fourth-order valence-electron chi connectivity index (χ4n) is 1.45. The van der Waals surface area contributed by atoms with Gasteiger partial charge in [-0.05, 0) is 18.6 Å². The van der Waals surface area contributed by atoms with Crippen molar-refractivity contribution in [2.24, 2.45) is 0 Å². The summed E-state index contributed by atoms with van der Waals surface area (Å²) >= 11 is 5.66. The van der Waals surface area contributed by atoms with Crippen molar-refractivity contribution < 1.29 is 8.42 Å². The van der Waals surface area contributed by atoms with E-state index in [1.807, 2.05) is 0 Å². The molecule has 0 saturated carbocycles. The molecule has 2 aromatic heterocycles. The van der Waals surface area contributed by atoms with Crippen molar-refractivity contribution in [2.45, 2.75) is 17.7 Å². The molecule has 0 bridgehead atoms. The maximum absolute atomic E-state index is 11.9. The minimum atomic E-state index is -3.54. The molecule has 2 aromatic rings. The highest BCUT2D eigenvalue weighted by Crippen LogP contribution is 2.12. The van der Waals surface area contributed by atoms with E-state index >= 15 is 0 Å². The van der Waals surface area contributed by atoms with Crippen LogP contribution in [0, 0.1) is 0 Å². The molecule has 2 heterocycles. The Morgan fingerprint density at radius 2 is 2.21 bits per heavy atom. The summed E-state index contributed by atoms with van der Waals surface area (Å²) in [6, 6.07) is 2.70. The lowest BCUT2D eigenvalue weighted by molar-refractivity contribution is 0.578. The number of aromatic nitrogens is 4. The Morgan fingerprint density at radius 1 is 1.37 bits per heavy atom. The Balaban J connectivity index is 1.88. The molecule has 0 fully saturated rings. The first-order valence-electron chi connectivity index (χ1n) is 5.53. The number of nitrogens with one attached hydrogen (secondary N) is 2. The molecule has 0 spiro atoms. The highest BCUT2D eigenvalue weighted by molar-refractivity contribution is 7.89. The summed E-state index contributed by atoms with van der Waals surface area (Å²) in [5.41, 5.74) is 0. The van der Waals surface area contributed by atoms with E-state index in [2.05, 4.69) is 24.9 Å². The molecule has 0 saturated heterocycles. The van der Waals surface area contributed by atoms with Crippen molar-refractivity contribution in [3.8, 4) is 0 Å². The summed E-state index contributed by atoms with van der Waals surface area (Å²) in [6.07, 6.45) is 4.01. The third kappa shape index (κ3) is 3.98. The fraction of sp³-hybridized carbons (Fsp3) is 0.300. The molecule has 0 aromatic carbocycles. The van der Waals surface area contributed by atoms with Gasteiger partial charge in [-0.1, -0.05) is 11.6 Å². The van der Waals surface area contributed by atoms with Crippen molar-refractivity contribution >= 4 is 21.6 Å². The molecule has 0 radical (unpaired) electrons. The van der Waals surface area contributed by atoms with Crippen LogP contribution in [0.15, 0.2) is 29.6 Å². The van der Waals surface area contributed by atoms with Gasteiger partial charge in [-0.3, -0.25) is 5.10 Å². The normalized spacial score (nSPS) is 11.6. The number of hydrogen-bond donors (Lipinski definition) is 2. The number of hydrogen-bond acceptors (Lipinski definition) is 5. The average Bonchev–Trinajstić information content (AvgIpc) is 2.88. The summed E-state index contributed by atoms with van der Waals surface area (Å²) in [7, 11) is -3.54. The van der Waals surface area contributed by atoms with Crippen LogP contribution in [0.4, 0.5) is 0 Å². The van der Waals surface area contributed by atoms with E-state index in [0.29, 0.717) is 19.4 Å². The number of aromatic amines is 1. The van der Waals surface area contributed by atoms with Gasteiger partial charge in [-0.2, -0.15) is 5.10 Å². The summed E-state index contributed by atoms with van der Waals surface area (Å²) < 4.78 is 26.3. The third-order valence-electron chi connectivity index (χ3n) is 2.36. The van der Waals surface area contributed by atoms with Crippen molar-refractivity contribution in [3.63, 3.8) is 0 Å². The van der Waals surface area contributed by atoms with Crippen LogP contribution in [0.3, 0.4) is 0 Å². The zero-order valence-corrected chi connectivity index (χ0v) is 11.4. The van der Waals surface area contributed by atoms with Gasteiger partial charge in [0.05, 0.1) is 4.90 Å². The van der Waals surface area contributed by atoms with Gasteiger partial charge < -0.3 is 0 Å². The maximum Gasteiger partial charge on any atom is 0.240 e. The van der Waals surface area contributed by atoms with Crippen LogP contribution in [-0.4, -0.2) is 35.1 Å². The predicted octanol–water partition coefficient (Wildman–Crippen LogP) is 0.764. The topological polar surface area (TPSA) is 101 Å². The fourth-order valence-corrected chi connectivity index (χ4v) is 2.77. The maximum atomic E-state index is 11.9. The van der Waals surface area contributed by atoms with Gasteiger partial charge in [0.25, 0.3) is 0 Å². The summed E-state index contributed by atoms with van der Waals surface area (Å²) in [6.45, 7) is 0.309. The van der Waals surface area contributed by atoms with Crippen molar-refractivity contribution in [1.29, 1.82) is 0 Å². The smallest absolute Gasteiger partial charge is 0.240 e. The number of H-pyrrole nitrogens is 1. The molecule has 0 amide bonds. The van der Waals surface area contributed by atoms with Gasteiger partial charge in [-0.25, -0.2) is 23.1 Å². The Labute approximate surface area is 115 Å². The molecule has 2 N–H and O–H groups in total. The second-order valence-corrected chi connectivity index (χ2v) is 5.90. The molecular formula is C10H12ClN5O2S. The van der Waals surface area contributed by atoms with Crippen molar-refractivity contribution in [3.05, 3.63) is 35.6 Å². The molecular weight excluding hydrogens is 290 g/mol. The summed E-state index contributed by atoms with van der Waals surface area (Å²) in [5, 5.41) is 6.56. The number of halogens is 1. The lowest BCUT2D eigenvalue weighted by atomic mass is 10.3. The van der Waals surface area contributed by atoms with Crippen LogP contribution in [0.1, 0.15) is 12.2 Å². The molecule has 102 valence electrons. The summed E-state index contributed by atoms with van der Waals surface area (Å²) in [5.74, 6) is 0.728. The number of aryl methyl sites for hydroxylation is 1. The van der Waals surface area contributed by atoms with Crippen LogP contribution < -0.4 is 4.72 Å². The van der Waals surface area contributed by atoms with Crippen molar-refractivity contribution in [1.82, 2.24) is 24.9 Å². The van der Waals surface area contributed by atoms with E-state index in [-0.39, 0.29) is 10.0 Å². The largest absolute Gasteiger partial charge is 0.263 e. The van der Waals surface area contributed by atoms with Gasteiger partial charge >= 0.3 is 0 Å². The van der Waals surface area contributed by atoms with Crippen LogP contribution in [0.5, 0.6) is 0 Å². The Morgan fingerprint density at radius 3 is 2.89 bits per heavy atom. The molecule has 0 atom stereocenters. The predicted molar refractivity (Wildman–Crippen MR) is 69.1 cm³/mol. The lowest BCUT2D eigenvalue weighted by Gasteiger charge is -2.06. The molecule has 0 aliphatic rings. The molecule has 19 heavy (non-hydrogen) atoms. The summed E-state index contributed by atoms with van der Waals surface area (Å²) in [4.78, 5) is 7.79. The quantitative estimate of drug-likeness (QED) is 0.606. The first-order chi connectivity index (χ1) is 9.08. The lowest BCUT2D eigenvalue weighted by Crippen LogP contribution is -2.25. The molecule has 0 aliphatic heterocycles. The number of rotatable bonds is 6. The highest BCUT2D eigenvalue weighted by atomic mass is 35.5. The molecule has 0 aliphatic carbocycles. The highest BCUT2D eigenvalue weighted by Gasteiger charge is 2.13. The standard InChI is InChI=1S/C10H12ClN5O2S/c11-9-6-8(3-5-12-9)19(17,18)15-4-1-2-10-13-7-14-16-10/h3,5-7,15H,1-2,4H2,(H,13,14,16). The van der Waals surface area contributed by atoms with Gasteiger partial charge in [-0.15, -0.1) is 0 Å². The zero-order chi connectivity index (χ0) is 13.7. The second kappa shape index (κ2) is 6.09. The molecule has 0 unspecified atom stereocenters. The van der Waals surface area contributed by atoms with E-state index in [9.17, 15) is 8.42 Å². The first kappa shape index (κ1) is 13.9. The number of pyridine rings is 1. The Kier molecular flexibility index (Phi) is 4.46. The molecule has 9 heteroatoms. The van der Waals surface area contributed by atoms with E-state index in [0.717, 1.165) is 5.82 Å². The SMILES string of the molecule is O=S(=O)(NCCCc1ncn[nH]1)c1ccnc(Cl)c1. The van der Waals surface area contributed by atoms with E-state index in [1.165, 1.54) is 24.7 Å². The molecule has 7 nitrogen and oxygen atoms in total. The van der Waals surface area contributed by atoms with Crippen LogP contribution in [0.2, 0.25) is 5.15 Å². The van der Waals surface area contributed by atoms with Crippen LogP contribution in [0.25, 0.3) is 0 Å². The Hall–Kier alpha value is -1.51. The van der Waals surface area contributed by atoms with Gasteiger partial charge in [0, 0.05) is 19.2 Å². The average molecular weight is 302 g/mol. The minimum absolute atomic E-state index is 0.104. The van der Waals surface area contributed by atoms with Gasteiger partial charge in [0.15, 0.2) is 0 Å². The van der Waals surface area contributed by atoms with Gasteiger partial charge in [0.1, 0.15) is 17.3 Å². The van der Waals surface area contributed by atoms with E-state index in [4.69, 9.17) is 11.6 Å². The molecule has 2 rings (SSSR count). The van der Waals surface area contributed by atoms with Crippen LogP contribution in [-0.2, 0) is 16.4 Å². The van der Waals surface area contributed by atoms with E-state index in [1.54, 1.807) is 0 Å². The monoisotopic (exact) mass is 301 g/mol. The number of nitrogens with zero attached hydrogens (tertiary/aromatic N) is 3. The third-order valence-corrected chi connectivity index (χ3v) is 4.02. The zero-order valence-electron chi connectivity index (χ0n) is 9.88. The second-order valence-electron chi connectivity index (χ2n) is 3.75. The van der Waals surface area contributed by atoms with Gasteiger partial charge in [0.2, 0.25) is 10.0 Å². The number of sulfonamides is 1. The first-order valence-corrected chi connectivity index (χ1v) is 7.39. The van der Waals surface area contributed by atoms with Crippen LogP contribution >= 0.6 is 11.6 Å². The van der Waals surface area contributed by atoms with Crippen molar-refractivity contribution in [2.75, 3.05) is 6.54 Å².